The molecule has 0 bridgehead atoms. The van der Waals surface area contributed by atoms with Crippen LogP contribution in [0.5, 0.6) is 5.75 Å². The summed E-state index contributed by atoms with van der Waals surface area (Å²) in [4.78, 5) is 0. The Morgan fingerprint density at radius 3 is 2.67 bits per heavy atom. The van der Waals surface area contributed by atoms with Crippen LogP contribution in [0, 0.1) is 5.82 Å². The third-order valence-electron chi connectivity index (χ3n) is 3.43. The lowest BCUT2D eigenvalue weighted by Gasteiger charge is -2.42. The summed E-state index contributed by atoms with van der Waals surface area (Å²) in [6.07, 6.45) is 3.23. The topological polar surface area (TPSA) is 35.2 Å². The van der Waals surface area contributed by atoms with Gasteiger partial charge in [0.2, 0.25) is 0 Å². The molecule has 15 heavy (non-hydrogen) atoms. The fourth-order valence-electron chi connectivity index (χ4n) is 2.28. The maximum atomic E-state index is 13.2. The van der Waals surface area contributed by atoms with Crippen molar-refractivity contribution in [1.29, 1.82) is 0 Å². The molecule has 0 saturated heterocycles. The minimum atomic E-state index is -0.217. The zero-order chi connectivity index (χ0) is 10.9. The molecule has 0 atom stereocenters. The van der Waals surface area contributed by atoms with Gasteiger partial charge in [0.1, 0.15) is 11.6 Å². The Morgan fingerprint density at radius 1 is 1.47 bits per heavy atom. The molecule has 1 aliphatic carbocycles. The molecule has 82 valence electrons. The molecule has 2 nitrogen and oxygen atoms in total. The molecule has 1 aromatic rings. The molecular weight excluding hydrogens is 193 g/mol. The minimum Gasteiger partial charge on any atom is -0.496 e. The second kappa shape index (κ2) is 3.81. The number of hydrogen-bond acceptors (Lipinski definition) is 2. The molecule has 0 spiro atoms. The molecule has 0 radical (unpaired) electrons. The molecule has 0 aliphatic heterocycles. The molecule has 0 heterocycles. The Kier molecular flexibility index (Phi) is 2.65. The van der Waals surface area contributed by atoms with Crippen molar-refractivity contribution >= 4 is 0 Å². The summed E-state index contributed by atoms with van der Waals surface area (Å²) in [5, 5.41) is 0. The number of nitrogens with two attached hydrogens (primary N) is 1. The zero-order valence-electron chi connectivity index (χ0n) is 8.92. The van der Waals surface area contributed by atoms with Crippen LogP contribution in [-0.4, -0.2) is 13.7 Å². The van der Waals surface area contributed by atoms with Crippen molar-refractivity contribution in [3.8, 4) is 5.75 Å². The number of halogens is 1. The Balaban J connectivity index is 2.44. The highest BCUT2D eigenvalue weighted by atomic mass is 19.1. The Labute approximate surface area is 89.2 Å². The minimum absolute atomic E-state index is 0.0482. The fourth-order valence-corrected chi connectivity index (χ4v) is 2.28. The fraction of sp³-hybridized carbons (Fsp3) is 0.500. The molecule has 1 saturated carbocycles. The van der Waals surface area contributed by atoms with Gasteiger partial charge in [-0.1, -0.05) is 6.42 Å². The Morgan fingerprint density at radius 2 is 2.20 bits per heavy atom. The number of methoxy groups -OCH3 is 1. The van der Waals surface area contributed by atoms with E-state index >= 15 is 0 Å². The lowest BCUT2D eigenvalue weighted by Crippen LogP contribution is -2.41. The van der Waals surface area contributed by atoms with Crippen LogP contribution in [0.25, 0.3) is 0 Å². The molecule has 1 aliphatic rings. The monoisotopic (exact) mass is 209 g/mol. The van der Waals surface area contributed by atoms with Gasteiger partial charge in [0.05, 0.1) is 7.11 Å². The third kappa shape index (κ3) is 1.61. The SMILES string of the molecule is COc1ccc(F)cc1C1(CN)CCC1. The van der Waals surface area contributed by atoms with E-state index in [2.05, 4.69) is 0 Å². The van der Waals surface area contributed by atoms with Crippen molar-refractivity contribution in [3.05, 3.63) is 29.6 Å². The van der Waals surface area contributed by atoms with E-state index in [9.17, 15) is 4.39 Å². The van der Waals surface area contributed by atoms with Crippen molar-refractivity contribution in [1.82, 2.24) is 0 Å². The van der Waals surface area contributed by atoms with Gasteiger partial charge in [-0.25, -0.2) is 4.39 Å². The van der Waals surface area contributed by atoms with Crippen LogP contribution in [0.4, 0.5) is 4.39 Å². The first-order chi connectivity index (χ1) is 7.22. The smallest absolute Gasteiger partial charge is 0.123 e. The average Bonchev–Trinajstić information content (AvgIpc) is 2.17. The highest BCUT2D eigenvalue weighted by Gasteiger charge is 2.39. The molecule has 3 heteroatoms. The van der Waals surface area contributed by atoms with Gasteiger partial charge in [-0.3, -0.25) is 0 Å². The molecule has 0 amide bonds. The zero-order valence-corrected chi connectivity index (χ0v) is 8.92. The number of ether oxygens (including phenoxy) is 1. The van der Waals surface area contributed by atoms with Crippen LogP contribution in [0.2, 0.25) is 0 Å². The van der Waals surface area contributed by atoms with Crippen molar-refractivity contribution in [2.75, 3.05) is 13.7 Å². The van der Waals surface area contributed by atoms with Crippen LogP contribution in [0.1, 0.15) is 24.8 Å². The van der Waals surface area contributed by atoms with Crippen molar-refractivity contribution in [2.45, 2.75) is 24.7 Å². The maximum Gasteiger partial charge on any atom is 0.123 e. The summed E-state index contributed by atoms with van der Waals surface area (Å²) in [5.41, 5.74) is 6.68. The Hall–Kier alpha value is -1.09. The van der Waals surface area contributed by atoms with Gasteiger partial charge in [-0.05, 0) is 31.0 Å². The molecule has 0 unspecified atom stereocenters. The first-order valence-electron chi connectivity index (χ1n) is 5.26. The van der Waals surface area contributed by atoms with E-state index in [1.165, 1.54) is 6.07 Å². The predicted octanol–water partition coefficient (Wildman–Crippen LogP) is 2.21. The molecule has 1 aromatic carbocycles. The highest BCUT2D eigenvalue weighted by Crippen LogP contribution is 2.46. The molecular formula is C12H16FNO. The van der Waals surface area contributed by atoms with Gasteiger partial charge in [-0.2, -0.15) is 0 Å². The number of benzene rings is 1. The lowest BCUT2D eigenvalue weighted by molar-refractivity contribution is 0.242. The summed E-state index contributed by atoms with van der Waals surface area (Å²) in [5.74, 6) is 0.534. The van der Waals surface area contributed by atoms with E-state index in [-0.39, 0.29) is 11.2 Å². The van der Waals surface area contributed by atoms with Crippen LogP contribution in [0.15, 0.2) is 18.2 Å². The molecule has 2 N–H and O–H groups in total. The van der Waals surface area contributed by atoms with Crippen LogP contribution in [-0.2, 0) is 5.41 Å². The largest absolute Gasteiger partial charge is 0.496 e. The summed E-state index contributed by atoms with van der Waals surface area (Å²) < 4.78 is 18.5. The molecule has 1 fully saturated rings. The van der Waals surface area contributed by atoms with E-state index in [1.807, 2.05) is 0 Å². The van der Waals surface area contributed by atoms with Gasteiger partial charge >= 0.3 is 0 Å². The first kappa shape index (κ1) is 10.4. The van der Waals surface area contributed by atoms with E-state index < -0.39 is 0 Å². The second-order valence-corrected chi connectivity index (χ2v) is 4.18. The van der Waals surface area contributed by atoms with Crippen molar-refractivity contribution in [3.63, 3.8) is 0 Å². The van der Waals surface area contributed by atoms with E-state index in [0.29, 0.717) is 6.54 Å². The first-order valence-corrected chi connectivity index (χ1v) is 5.26. The van der Waals surface area contributed by atoms with Gasteiger partial charge < -0.3 is 10.5 Å². The van der Waals surface area contributed by atoms with Crippen LogP contribution >= 0.6 is 0 Å². The van der Waals surface area contributed by atoms with E-state index in [0.717, 1.165) is 30.6 Å². The number of hydrogen-bond donors (Lipinski definition) is 1. The standard InChI is InChI=1S/C12H16FNO/c1-15-11-4-3-9(13)7-10(11)12(8-14)5-2-6-12/h3-4,7H,2,5-6,8,14H2,1H3. The summed E-state index contributed by atoms with van der Waals surface area (Å²) in [7, 11) is 1.61. The molecule has 2 rings (SSSR count). The third-order valence-corrected chi connectivity index (χ3v) is 3.43. The lowest BCUT2D eigenvalue weighted by atomic mass is 9.64. The average molecular weight is 209 g/mol. The van der Waals surface area contributed by atoms with Crippen molar-refractivity contribution < 1.29 is 9.13 Å². The van der Waals surface area contributed by atoms with Gasteiger partial charge in [0.15, 0.2) is 0 Å². The summed E-state index contributed by atoms with van der Waals surface area (Å²) in [6, 6.07) is 4.66. The van der Waals surface area contributed by atoms with E-state index in [1.54, 1.807) is 19.2 Å². The molecule has 0 aromatic heterocycles. The quantitative estimate of drug-likeness (QED) is 0.828. The maximum absolute atomic E-state index is 13.2. The summed E-state index contributed by atoms with van der Waals surface area (Å²) >= 11 is 0. The Bertz CT molecular complexity index is 355. The van der Waals surface area contributed by atoms with Crippen molar-refractivity contribution in [2.24, 2.45) is 5.73 Å². The van der Waals surface area contributed by atoms with E-state index in [4.69, 9.17) is 10.5 Å². The van der Waals surface area contributed by atoms with Crippen LogP contribution < -0.4 is 10.5 Å². The van der Waals surface area contributed by atoms with Gasteiger partial charge in [-0.15, -0.1) is 0 Å². The highest BCUT2D eigenvalue weighted by molar-refractivity contribution is 5.42. The summed E-state index contributed by atoms with van der Waals surface area (Å²) in [6.45, 7) is 0.562. The van der Waals surface area contributed by atoms with Gasteiger partial charge in [0.25, 0.3) is 0 Å². The van der Waals surface area contributed by atoms with Gasteiger partial charge in [0, 0.05) is 17.5 Å². The second-order valence-electron chi connectivity index (χ2n) is 4.18. The normalized spacial score (nSPS) is 18.3. The number of rotatable bonds is 3. The predicted molar refractivity (Wildman–Crippen MR) is 57.5 cm³/mol. The van der Waals surface area contributed by atoms with Crippen LogP contribution in [0.3, 0.4) is 0 Å².